The van der Waals surface area contributed by atoms with Crippen LogP contribution in [0.4, 0.5) is 5.69 Å². The van der Waals surface area contributed by atoms with Crippen molar-refractivity contribution in [3.8, 4) is 11.5 Å². The van der Waals surface area contributed by atoms with Crippen molar-refractivity contribution in [3.05, 3.63) is 53.6 Å². The Morgan fingerprint density at radius 1 is 1.13 bits per heavy atom. The monoisotopic (exact) mass is 410 g/mol. The molecule has 1 atom stereocenters. The summed E-state index contributed by atoms with van der Waals surface area (Å²) in [6.07, 6.45) is 0.918. The van der Waals surface area contributed by atoms with E-state index >= 15 is 0 Å². The number of ether oxygens (including phenoxy) is 2. The summed E-state index contributed by atoms with van der Waals surface area (Å²) < 4.78 is 10.6. The number of hydrogen-bond acceptors (Lipinski definition) is 4. The van der Waals surface area contributed by atoms with E-state index in [2.05, 4.69) is 25.2 Å². The van der Waals surface area contributed by atoms with Gasteiger partial charge in [-0.1, -0.05) is 32.0 Å². The first-order valence-electron chi connectivity index (χ1n) is 10.3. The van der Waals surface area contributed by atoms with E-state index in [1.165, 1.54) is 5.56 Å². The van der Waals surface area contributed by atoms with E-state index in [0.29, 0.717) is 36.9 Å². The Hall–Kier alpha value is -3.02. The maximum Gasteiger partial charge on any atom is 0.227 e. The molecule has 6 nitrogen and oxygen atoms in total. The third-order valence-corrected chi connectivity index (χ3v) is 5.51. The van der Waals surface area contributed by atoms with E-state index in [1.807, 2.05) is 36.4 Å². The molecule has 0 spiro atoms. The van der Waals surface area contributed by atoms with Gasteiger partial charge in [-0.3, -0.25) is 9.59 Å². The Morgan fingerprint density at radius 2 is 1.90 bits per heavy atom. The van der Waals surface area contributed by atoms with Gasteiger partial charge in [-0.2, -0.15) is 0 Å². The summed E-state index contributed by atoms with van der Waals surface area (Å²) in [6, 6.07) is 13.7. The van der Waals surface area contributed by atoms with E-state index in [0.717, 1.165) is 11.3 Å². The largest absolute Gasteiger partial charge is 0.493 e. The van der Waals surface area contributed by atoms with Crippen molar-refractivity contribution in [2.75, 3.05) is 32.2 Å². The van der Waals surface area contributed by atoms with Crippen LogP contribution < -0.4 is 19.7 Å². The van der Waals surface area contributed by atoms with Gasteiger partial charge in [0.2, 0.25) is 11.8 Å². The standard InChI is InChI=1S/C24H30N2O4/c1-16(2)18-6-5-7-20(13-18)26-15-19(14-23(26)27)24(28)25-11-10-17-8-9-21(29-3)22(12-17)30-4/h5-9,12-13,16,19H,10-11,14-15H2,1-4H3,(H,25,28). The minimum absolute atomic E-state index is 0.00375. The average molecular weight is 411 g/mol. The second-order valence-corrected chi connectivity index (χ2v) is 7.89. The van der Waals surface area contributed by atoms with Gasteiger partial charge < -0.3 is 19.7 Å². The quantitative estimate of drug-likeness (QED) is 0.723. The second-order valence-electron chi connectivity index (χ2n) is 7.89. The van der Waals surface area contributed by atoms with Crippen molar-refractivity contribution in [2.24, 2.45) is 5.92 Å². The van der Waals surface area contributed by atoms with Crippen molar-refractivity contribution in [2.45, 2.75) is 32.6 Å². The first-order valence-corrected chi connectivity index (χ1v) is 10.3. The molecule has 0 aliphatic carbocycles. The highest BCUT2D eigenvalue weighted by Crippen LogP contribution is 2.29. The van der Waals surface area contributed by atoms with Crippen LogP contribution in [0.25, 0.3) is 0 Å². The molecule has 1 heterocycles. The van der Waals surface area contributed by atoms with E-state index in [-0.39, 0.29) is 24.2 Å². The minimum Gasteiger partial charge on any atom is -0.493 e. The average Bonchev–Trinajstić information content (AvgIpc) is 3.15. The normalized spacial score (nSPS) is 16.1. The van der Waals surface area contributed by atoms with Crippen LogP contribution in [0.2, 0.25) is 0 Å². The van der Waals surface area contributed by atoms with Crippen molar-refractivity contribution in [1.82, 2.24) is 5.32 Å². The Kier molecular flexibility index (Phi) is 6.98. The van der Waals surface area contributed by atoms with Crippen LogP contribution in [0.5, 0.6) is 11.5 Å². The van der Waals surface area contributed by atoms with Gasteiger partial charge in [-0.15, -0.1) is 0 Å². The highest BCUT2D eigenvalue weighted by atomic mass is 16.5. The fourth-order valence-electron chi connectivity index (χ4n) is 3.70. The summed E-state index contributed by atoms with van der Waals surface area (Å²) in [5, 5.41) is 2.97. The lowest BCUT2D eigenvalue weighted by atomic mass is 10.0. The summed E-state index contributed by atoms with van der Waals surface area (Å²) in [5.74, 6) is 1.32. The Labute approximate surface area is 178 Å². The predicted octanol–water partition coefficient (Wildman–Crippen LogP) is 3.54. The number of carbonyl (C=O) groups excluding carboxylic acids is 2. The number of anilines is 1. The minimum atomic E-state index is -0.328. The van der Waals surface area contributed by atoms with Gasteiger partial charge in [0.25, 0.3) is 0 Å². The number of benzene rings is 2. The van der Waals surface area contributed by atoms with Gasteiger partial charge in [-0.05, 0) is 47.7 Å². The van der Waals surface area contributed by atoms with Gasteiger partial charge >= 0.3 is 0 Å². The predicted molar refractivity (Wildman–Crippen MR) is 117 cm³/mol. The summed E-state index contributed by atoms with van der Waals surface area (Å²) in [6.45, 7) is 5.17. The van der Waals surface area contributed by atoms with Gasteiger partial charge in [0.05, 0.1) is 20.1 Å². The molecule has 1 saturated heterocycles. The van der Waals surface area contributed by atoms with Crippen LogP contribution in [0.3, 0.4) is 0 Å². The van der Waals surface area contributed by atoms with Gasteiger partial charge in [0.15, 0.2) is 11.5 Å². The second kappa shape index (κ2) is 9.65. The molecule has 160 valence electrons. The van der Waals surface area contributed by atoms with E-state index in [9.17, 15) is 9.59 Å². The first kappa shape index (κ1) is 21.7. The highest BCUT2D eigenvalue weighted by molar-refractivity contribution is 6.00. The molecule has 0 saturated carbocycles. The highest BCUT2D eigenvalue weighted by Gasteiger charge is 2.35. The van der Waals surface area contributed by atoms with Crippen LogP contribution in [-0.2, 0) is 16.0 Å². The molecule has 30 heavy (non-hydrogen) atoms. The molecule has 1 N–H and O–H groups in total. The Balaban J connectivity index is 1.55. The summed E-state index contributed by atoms with van der Waals surface area (Å²) in [5.41, 5.74) is 3.09. The zero-order chi connectivity index (χ0) is 21.7. The summed E-state index contributed by atoms with van der Waals surface area (Å²) >= 11 is 0. The summed E-state index contributed by atoms with van der Waals surface area (Å²) in [4.78, 5) is 26.9. The van der Waals surface area contributed by atoms with Crippen molar-refractivity contribution in [3.63, 3.8) is 0 Å². The van der Waals surface area contributed by atoms with Crippen LogP contribution in [0.15, 0.2) is 42.5 Å². The fraction of sp³-hybridized carbons (Fsp3) is 0.417. The molecule has 1 fully saturated rings. The maximum atomic E-state index is 12.6. The zero-order valence-electron chi connectivity index (χ0n) is 18.1. The molecule has 0 radical (unpaired) electrons. The van der Waals surface area contributed by atoms with Crippen molar-refractivity contribution < 1.29 is 19.1 Å². The topological polar surface area (TPSA) is 67.9 Å². The molecule has 2 aromatic carbocycles. The molecule has 1 aliphatic rings. The molecule has 2 aromatic rings. The lowest BCUT2D eigenvalue weighted by Crippen LogP contribution is -2.34. The Morgan fingerprint density at radius 3 is 2.60 bits per heavy atom. The SMILES string of the molecule is COc1ccc(CCNC(=O)C2CC(=O)N(c3cccc(C(C)C)c3)C2)cc1OC. The van der Waals surface area contributed by atoms with Gasteiger partial charge in [0.1, 0.15) is 0 Å². The number of methoxy groups -OCH3 is 2. The molecule has 1 unspecified atom stereocenters. The molecule has 6 heteroatoms. The lowest BCUT2D eigenvalue weighted by Gasteiger charge is -2.18. The number of hydrogen-bond donors (Lipinski definition) is 1. The molecule has 1 aliphatic heterocycles. The van der Waals surface area contributed by atoms with Gasteiger partial charge in [0, 0.05) is 25.2 Å². The maximum absolute atomic E-state index is 12.6. The summed E-state index contributed by atoms with van der Waals surface area (Å²) in [7, 11) is 3.20. The number of nitrogens with zero attached hydrogens (tertiary/aromatic N) is 1. The molecular formula is C24H30N2O4. The third-order valence-electron chi connectivity index (χ3n) is 5.51. The molecule has 0 bridgehead atoms. The lowest BCUT2D eigenvalue weighted by molar-refractivity contribution is -0.126. The Bertz CT molecular complexity index is 910. The first-order chi connectivity index (χ1) is 14.4. The van der Waals surface area contributed by atoms with E-state index in [1.54, 1.807) is 19.1 Å². The molecular weight excluding hydrogens is 380 g/mol. The smallest absolute Gasteiger partial charge is 0.227 e. The van der Waals surface area contributed by atoms with Crippen LogP contribution in [-0.4, -0.2) is 39.1 Å². The van der Waals surface area contributed by atoms with Crippen LogP contribution in [0.1, 0.15) is 37.3 Å². The molecule has 2 amide bonds. The molecule has 3 rings (SSSR count). The van der Waals surface area contributed by atoms with Crippen molar-refractivity contribution in [1.29, 1.82) is 0 Å². The third kappa shape index (κ3) is 4.93. The number of carbonyl (C=O) groups is 2. The zero-order valence-corrected chi connectivity index (χ0v) is 18.1. The van der Waals surface area contributed by atoms with E-state index < -0.39 is 0 Å². The van der Waals surface area contributed by atoms with Crippen LogP contribution in [0, 0.1) is 5.92 Å². The fourth-order valence-corrected chi connectivity index (χ4v) is 3.70. The number of nitrogens with one attached hydrogen (secondary N) is 1. The van der Waals surface area contributed by atoms with Gasteiger partial charge in [-0.25, -0.2) is 0 Å². The van der Waals surface area contributed by atoms with Crippen LogP contribution >= 0.6 is 0 Å². The number of amides is 2. The molecule has 0 aromatic heterocycles. The number of rotatable bonds is 8. The van der Waals surface area contributed by atoms with Crippen molar-refractivity contribution >= 4 is 17.5 Å². The van der Waals surface area contributed by atoms with E-state index in [4.69, 9.17) is 9.47 Å².